The van der Waals surface area contributed by atoms with Crippen LogP contribution in [-0.2, 0) is 6.54 Å². The number of aromatic carboxylic acids is 1. The van der Waals surface area contributed by atoms with Crippen molar-refractivity contribution in [3.05, 3.63) is 35.4 Å². The van der Waals surface area contributed by atoms with Gasteiger partial charge < -0.3 is 15.3 Å². The number of carboxylic acid groups (broad SMARTS) is 1. The van der Waals surface area contributed by atoms with Crippen molar-refractivity contribution in [2.45, 2.75) is 32.9 Å². The van der Waals surface area contributed by atoms with Crippen molar-refractivity contribution in [2.24, 2.45) is 0 Å². The van der Waals surface area contributed by atoms with E-state index in [0.717, 1.165) is 23.5 Å². The largest absolute Gasteiger partial charge is 0.478 e. The van der Waals surface area contributed by atoms with Crippen molar-refractivity contribution < 1.29 is 14.7 Å². The first kappa shape index (κ1) is 18.4. The maximum absolute atomic E-state index is 12.1. The lowest BCUT2D eigenvalue weighted by Crippen LogP contribution is -2.42. The van der Waals surface area contributed by atoms with Crippen LogP contribution in [0.2, 0.25) is 0 Å². The number of hydrogen-bond donors (Lipinski definition) is 2. The number of benzene rings is 1. The summed E-state index contributed by atoms with van der Waals surface area (Å²) >= 11 is 1.87. The third kappa shape index (κ3) is 5.97. The third-order valence-corrected chi connectivity index (χ3v) is 4.44. The average Bonchev–Trinajstić information content (AvgIpc) is 2.52. The zero-order chi connectivity index (χ0) is 16.5. The maximum atomic E-state index is 12.1. The molecule has 1 atom stereocenters. The van der Waals surface area contributed by atoms with Gasteiger partial charge in [0.25, 0.3) is 0 Å². The minimum atomic E-state index is -0.950. The normalized spacial score (nSPS) is 11.8. The van der Waals surface area contributed by atoms with Crippen molar-refractivity contribution in [3.8, 4) is 0 Å². The number of carbonyl (C=O) groups is 2. The molecule has 0 saturated carbocycles. The highest BCUT2D eigenvalue weighted by Gasteiger charge is 2.15. The van der Waals surface area contributed by atoms with Crippen LogP contribution in [-0.4, -0.2) is 46.6 Å². The van der Waals surface area contributed by atoms with Gasteiger partial charge >= 0.3 is 12.0 Å². The van der Waals surface area contributed by atoms with Crippen molar-refractivity contribution >= 4 is 23.8 Å². The summed E-state index contributed by atoms with van der Waals surface area (Å²) in [4.78, 5) is 24.6. The predicted molar refractivity (Wildman–Crippen MR) is 90.5 cm³/mol. The van der Waals surface area contributed by atoms with Gasteiger partial charge in [0.15, 0.2) is 0 Å². The molecule has 0 saturated heterocycles. The number of amides is 2. The van der Waals surface area contributed by atoms with Gasteiger partial charge in [-0.15, -0.1) is 0 Å². The quantitative estimate of drug-likeness (QED) is 0.721. The molecule has 0 fully saturated rings. The lowest BCUT2D eigenvalue weighted by atomic mass is 10.1. The third-order valence-electron chi connectivity index (χ3n) is 3.51. The second-order valence-corrected chi connectivity index (χ2v) is 6.50. The van der Waals surface area contributed by atoms with Gasteiger partial charge in [-0.2, -0.15) is 11.8 Å². The molecule has 0 bridgehead atoms. The van der Waals surface area contributed by atoms with E-state index in [9.17, 15) is 9.59 Å². The molecule has 2 N–H and O–H groups in total. The lowest BCUT2D eigenvalue weighted by molar-refractivity contribution is 0.0697. The van der Waals surface area contributed by atoms with Crippen molar-refractivity contribution in [2.75, 3.05) is 18.6 Å². The summed E-state index contributed by atoms with van der Waals surface area (Å²) in [7, 11) is 1.80. The van der Waals surface area contributed by atoms with Gasteiger partial charge in [0, 0.05) is 19.6 Å². The fourth-order valence-electron chi connectivity index (χ4n) is 1.86. The van der Waals surface area contributed by atoms with E-state index in [-0.39, 0.29) is 17.6 Å². The molecule has 122 valence electrons. The number of carboxylic acids is 1. The molecule has 0 heterocycles. The smallest absolute Gasteiger partial charge is 0.335 e. The molecule has 0 aliphatic carbocycles. The Morgan fingerprint density at radius 3 is 2.50 bits per heavy atom. The Bertz CT molecular complexity index is 491. The van der Waals surface area contributed by atoms with E-state index in [4.69, 9.17) is 5.11 Å². The van der Waals surface area contributed by atoms with E-state index in [1.54, 1.807) is 24.1 Å². The summed E-state index contributed by atoms with van der Waals surface area (Å²) in [5.74, 6) is 1.19. The number of thioether (sulfide) groups is 1. The zero-order valence-electron chi connectivity index (χ0n) is 13.3. The highest BCUT2D eigenvalue weighted by atomic mass is 32.2. The van der Waals surface area contributed by atoms with Crippen molar-refractivity contribution in [1.82, 2.24) is 10.2 Å². The van der Waals surface area contributed by atoms with Crippen molar-refractivity contribution in [3.63, 3.8) is 0 Å². The summed E-state index contributed by atoms with van der Waals surface area (Å²) < 4.78 is 0. The van der Waals surface area contributed by atoms with Gasteiger partial charge in [-0.05, 0) is 42.5 Å². The first-order valence-electron chi connectivity index (χ1n) is 7.36. The van der Waals surface area contributed by atoms with Gasteiger partial charge in [0.2, 0.25) is 0 Å². The van der Waals surface area contributed by atoms with Gasteiger partial charge in [0.05, 0.1) is 5.56 Å². The highest BCUT2D eigenvalue weighted by Crippen LogP contribution is 2.09. The first-order valence-corrected chi connectivity index (χ1v) is 8.51. The molecule has 0 spiro atoms. The lowest BCUT2D eigenvalue weighted by Gasteiger charge is -2.25. The molecule has 0 aliphatic heterocycles. The summed E-state index contributed by atoms with van der Waals surface area (Å²) in [6.45, 7) is 4.55. The van der Waals surface area contributed by atoms with E-state index in [1.807, 2.05) is 18.7 Å². The Kier molecular flexibility index (Phi) is 7.80. The average molecular weight is 324 g/mol. The predicted octanol–water partition coefficient (Wildman–Crippen LogP) is 3.06. The minimum absolute atomic E-state index is 0.115. The molecule has 0 radical (unpaired) electrons. The summed E-state index contributed by atoms with van der Waals surface area (Å²) in [5.41, 5.74) is 1.12. The summed E-state index contributed by atoms with van der Waals surface area (Å²) in [5, 5.41) is 11.7. The maximum Gasteiger partial charge on any atom is 0.335 e. The highest BCUT2D eigenvalue weighted by molar-refractivity contribution is 7.99. The fraction of sp³-hybridized carbons (Fsp3) is 0.500. The molecule has 1 rings (SSSR count). The number of nitrogens with one attached hydrogen (secondary N) is 1. The fourth-order valence-corrected chi connectivity index (χ4v) is 2.66. The molecule has 1 aromatic carbocycles. The molecule has 2 amide bonds. The second-order valence-electron chi connectivity index (χ2n) is 5.11. The topological polar surface area (TPSA) is 69.6 Å². The van der Waals surface area contributed by atoms with E-state index in [2.05, 4.69) is 12.2 Å². The Morgan fingerprint density at radius 2 is 1.95 bits per heavy atom. The molecule has 1 unspecified atom stereocenters. The molecular formula is C16H24N2O3S. The molecule has 0 aliphatic rings. The molecule has 1 aromatic rings. The summed E-state index contributed by atoms with van der Waals surface area (Å²) in [6.07, 6.45) is 0.968. The number of urea groups is 1. The van der Waals surface area contributed by atoms with Crippen LogP contribution in [0.3, 0.4) is 0 Å². The zero-order valence-corrected chi connectivity index (χ0v) is 14.2. The number of nitrogens with zero attached hydrogens (tertiary/aromatic N) is 1. The van der Waals surface area contributed by atoms with E-state index < -0.39 is 5.97 Å². The van der Waals surface area contributed by atoms with Crippen LogP contribution in [0, 0.1) is 0 Å². The number of hydrogen-bond acceptors (Lipinski definition) is 3. The molecule has 5 nitrogen and oxygen atoms in total. The van der Waals surface area contributed by atoms with E-state index in [0.29, 0.717) is 6.54 Å². The van der Waals surface area contributed by atoms with Crippen LogP contribution < -0.4 is 5.32 Å². The summed E-state index contributed by atoms with van der Waals surface area (Å²) in [6, 6.07) is 6.58. The number of rotatable bonds is 8. The van der Waals surface area contributed by atoms with Crippen LogP contribution in [0.4, 0.5) is 4.79 Å². The Morgan fingerprint density at radius 1 is 1.32 bits per heavy atom. The molecule has 6 heteroatoms. The minimum Gasteiger partial charge on any atom is -0.478 e. The van der Waals surface area contributed by atoms with Crippen LogP contribution in [0.25, 0.3) is 0 Å². The van der Waals surface area contributed by atoms with Crippen LogP contribution in [0.1, 0.15) is 36.2 Å². The van der Waals surface area contributed by atoms with Crippen LogP contribution >= 0.6 is 11.8 Å². The van der Waals surface area contributed by atoms with Crippen LogP contribution in [0.15, 0.2) is 24.3 Å². The monoisotopic (exact) mass is 324 g/mol. The second kappa shape index (κ2) is 9.35. The number of carbonyl (C=O) groups excluding carboxylic acids is 1. The Labute approximate surface area is 136 Å². The standard InChI is InChI=1S/C16H24N2O3S/c1-4-22-10-9-12(2)18(3)16(21)17-11-13-5-7-14(8-6-13)15(19)20/h5-8,12H,4,9-11H2,1-3H3,(H,17,21)(H,19,20). The molecular weight excluding hydrogens is 300 g/mol. The van der Waals surface area contributed by atoms with Gasteiger partial charge in [-0.25, -0.2) is 9.59 Å². The van der Waals surface area contributed by atoms with Gasteiger partial charge in [-0.3, -0.25) is 0 Å². The Hall–Kier alpha value is -1.69. The SMILES string of the molecule is CCSCCC(C)N(C)C(=O)NCc1ccc(C(=O)O)cc1. The molecule has 0 aromatic heterocycles. The van der Waals surface area contributed by atoms with E-state index in [1.165, 1.54) is 12.1 Å². The van der Waals surface area contributed by atoms with Gasteiger partial charge in [0.1, 0.15) is 0 Å². The van der Waals surface area contributed by atoms with Gasteiger partial charge in [-0.1, -0.05) is 19.1 Å². The van der Waals surface area contributed by atoms with Crippen LogP contribution in [0.5, 0.6) is 0 Å². The first-order chi connectivity index (χ1) is 10.5. The molecule has 22 heavy (non-hydrogen) atoms. The van der Waals surface area contributed by atoms with E-state index >= 15 is 0 Å². The van der Waals surface area contributed by atoms with Crippen molar-refractivity contribution in [1.29, 1.82) is 0 Å². The Balaban J connectivity index is 2.42.